The van der Waals surface area contributed by atoms with Crippen LogP contribution in [0, 0.1) is 11.8 Å². The normalized spacial score (nSPS) is 14.6. The molecule has 2 heterocycles. The molecule has 0 radical (unpaired) electrons. The Kier molecular flexibility index (Phi) is 6.59. The molecule has 1 aromatic heterocycles. The van der Waals surface area contributed by atoms with E-state index in [-0.39, 0.29) is 13.0 Å². The van der Waals surface area contributed by atoms with Gasteiger partial charge in [0.05, 0.1) is 24.1 Å². The number of ether oxygens (including phenoxy) is 1. The second-order valence-electron chi connectivity index (χ2n) is 7.33. The molecule has 7 nitrogen and oxygen atoms in total. The highest BCUT2D eigenvalue weighted by Crippen LogP contribution is 2.23. The van der Waals surface area contributed by atoms with Crippen LogP contribution >= 0.6 is 0 Å². The van der Waals surface area contributed by atoms with Crippen LogP contribution in [-0.4, -0.2) is 50.5 Å². The molecule has 2 rings (SSSR count). The molecule has 0 atom stereocenters. The van der Waals surface area contributed by atoms with Crippen LogP contribution < -0.4 is 0 Å². The molecule has 0 unspecified atom stereocenters. The van der Waals surface area contributed by atoms with E-state index in [1.54, 1.807) is 30.4 Å². The summed E-state index contributed by atoms with van der Waals surface area (Å²) in [5, 5.41) is 16.5. The van der Waals surface area contributed by atoms with Gasteiger partial charge in [0.25, 0.3) is 0 Å². The van der Waals surface area contributed by atoms with E-state index in [4.69, 9.17) is 9.94 Å². The van der Waals surface area contributed by atoms with Gasteiger partial charge in [-0.1, -0.05) is 11.1 Å². The second-order valence-corrected chi connectivity index (χ2v) is 7.33. The number of hydrogen-bond acceptors (Lipinski definition) is 5. The molecule has 0 spiro atoms. The lowest BCUT2D eigenvalue weighted by atomic mass is 10.1. The molecule has 0 aromatic carbocycles. The smallest absolute Gasteiger partial charge is 0.444 e. The van der Waals surface area contributed by atoms with Gasteiger partial charge in [0.15, 0.2) is 0 Å². The highest BCUT2D eigenvalue weighted by atomic mass is 19.4. The summed E-state index contributed by atoms with van der Waals surface area (Å²) in [5.41, 5.74) is 1.39. The SMILES string of the molecule is CC(C)(C)OC(=O)N1CCc2nn(CCCC#CC(F)(F)F)c(/C=N/O)c2C1. The first-order valence-electron chi connectivity index (χ1n) is 8.81. The highest BCUT2D eigenvalue weighted by molar-refractivity contribution is 5.80. The summed E-state index contributed by atoms with van der Waals surface area (Å²) in [5.74, 6) is 3.31. The predicted octanol–water partition coefficient (Wildman–Crippen LogP) is 3.33. The van der Waals surface area contributed by atoms with Gasteiger partial charge < -0.3 is 14.8 Å². The number of aryl methyl sites for hydroxylation is 1. The van der Waals surface area contributed by atoms with E-state index in [9.17, 15) is 18.0 Å². The maximum absolute atomic E-state index is 12.3. The molecular formula is C18H23F3N4O3. The van der Waals surface area contributed by atoms with Crippen molar-refractivity contribution in [3.05, 3.63) is 17.0 Å². The zero-order valence-electron chi connectivity index (χ0n) is 16.0. The van der Waals surface area contributed by atoms with Crippen LogP contribution in [0.4, 0.5) is 18.0 Å². The van der Waals surface area contributed by atoms with Crippen molar-refractivity contribution in [2.75, 3.05) is 6.54 Å². The lowest BCUT2D eigenvalue weighted by Gasteiger charge is -2.29. The molecule has 154 valence electrons. The van der Waals surface area contributed by atoms with Gasteiger partial charge in [-0.3, -0.25) is 4.68 Å². The zero-order valence-corrected chi connectivity index (χ0v) is 16.0. The zero-order chi connectivity index (χ0) is 20.9. The fourth-order valence-corrected chi connectivity index (χ4v) is 2.78. The summed E-state index contributed by atoms with van der Waals surface area (Å²) in [6, 6.07) is 0. The number of nitrogens with zero attached hydrogens (tertiary/aromatic N) is 4. The van der Waals surface area contributed by atoms with Crippen LogP contribution in [0.15, 0.2) is 5.16 Å². The number of aromatic nitrogens is 2. The van der Waals surface area contributed by atoms with E-state index in [0.29, 0.717) is 31.6 Å². The summed E-state index contributed by atoms with van der Waals surface area (Å²) in [7, 11) is 0. The molecule has 1 aliphatic rings. The molecule has 1 amide bonds. The molecule has 10 heteroatoms. The van der Waals surface area contributed by atoms with Crippen LogP contribution in [0.25, 0.3) is 0 Å². The van der Waals surface area contributed by atoms with Crippen molar-refractivity contribution < 1.29 is 27.9 Å². The molecule has 1 aromatic rings. The van der Waals surface area contributed by atoms with Gasteiger partial charge in [-0.15, -0.1) is 0 Å². The number of amides is 1. The minimum atomic E-state index is -4.50. The van der Waals surface area contributed by atoms with Gasteiger partial charge in [0.1, 0.15) is 5.60 Å². The second kappa shape index (κ2) is 8.54. The summed E-state index contributed by atoms with van der Waals surface area (Å²) in [6.45, 7) is 6.34. The van der Waals surface area contributed by atoms with E-state index in [2.05, 4.69) is 16.2 Å². The minimum absolute atomic E-state index is 0.0593. The largest absolute Gasteiger partial charge is 0.457 e. The number of oxime groups is 1. The van der Waals surface area contributed by atoms with Crippen molar-refractivity contribution in [2.24, 2.45) is 5.16 Å². The molecular weight excluding hydrogens is 377 g/mol. The lowest BCUT2D eigenvalue weighted by Crippen LogP contribution is -2.40. The Bertz CT molecular complexity index is 798. The Labute approximate surface area is 161 Å². The van der Waals surface area contributed by atoms with Crippen LogP contribution in [0.3, 0.4) is 0 Å². The Morgan fingerprint density at radius 2 is 2.11 bits per heavy atom. The third-order valence-corrected chi connectivity index (χ3v) is 3.88. The molecule has 28 heavy (non-hydrogen) atoms. The Morgan fingerprint density at radius 1 is 1.39 bits per heavy atom. The van der Waals surface area contributed by atoms with Crippen LogP contribution in [0.1, 0.15) is 50.6 Å². The first-order chi connectivity index (χ1) is 13.0. The molecule has 0 saturated carbocycles. The predicted molar refractivity (Wildman–Crippen MR) is 95.0 cm³/mol. The number of rotatable bonds is 4. The fraction of sp³-hybridized carbons (Fsp3) is 0.611. The standard InChI is InChI=1S/C18H23F3N4O3/c1-17(2,3)28-16(26)24-10-7-14-13(12-24)15(11-22-27)25(23-14)9-6-4-5-8-18(19,20)21/h11,27H,4,6-7,9-10,12H2,1-3H3/b22-11+. The molecule has 0 aliphatic carbocycles. The summed E-state index contributed by atoms with van der Waals surface area (Å²) >= 11 is 0. The molecule has 0 saturated heterocycles. The third kappa shape index (κ3) is 6.18. The van der Waals surface area contributed by atoms with Gasteiger partial charge in [0.2, 0.25) is 0 Å². The van der Waals surface area contributed by atoms with E-state index >= 15 is 0 Å². The van der Waals surface area contributed by atoms with E-state index in [1.807, 2.05) is 0 Å². The quantitative estimate of drug-likeness (QED) is 0.276. The third-order valence-electron chi connectivity index (χ3n) is 3.88. The summed E-state index contributed by atoms with van der Waals surface area (Å²) < 4.78 is 43.1. The number of hydrogen-bond donors (Lipinski definition) is 1. The molecule has 0 fully saturated rings. The van der Waals surface area contributed by atoms with Crippen molar-refractivity contribution >= 4 is 12.3 Å². The molecule has 1 N–H and O–H groups in total. The minimum Gasteiger partial charge on any atom is -0.444 e. The van der Waals surface area contributed by atoms with Crippen LogP contribution in [0.2, 0.25) is 0 Å². The van der Waals surface area contributed by atoms with Gasteiger partial charge in [-0.25, -0.2) is 4.79 Å². The Morgan fingerprint density at radius 3 is 2.71 bits per heavy atom. The molecule has 0 bridgehead atoms. The van der Waals surface area contributed by atoms with Crippen LogP contribution in [0.5, 0.6) is 0 Å². The van der Waals surface area contributed by atoms with Crippen molar-refractivity contribution in [3.63, 3.8) is 0 Å². The topological polar surface area (TPSA) is 80.0 Å². The first-order valence-corrected chi connectivity index (χ1v) is 8.81. The monoisotopic (exact) mass is 400 g/mol. The summed E-state index contributed by atoms with van der Waals surface area (Å²) in [4.78, 5) is 13.9. The van der Waals surface area contributed by atoms with Gasteiger partial charge in [-0.05, 0) is 27.2 Å². The van der Waals surface area contributed by atoms with E-state index in [1.165, 1.54) is 12.1 Å². The Hall–Kier alpha value is -2.70. The van der Waals surface area contributed by atoms with Gasteiger partial charge >= 0.3 is 12.3 Å². The fourth-order valence-electron chi connectivity index (χ4n) is 2.78. The van der Waals surface area contributed by atoms with E-state index in [0.717, 1.165) is 11.3 Å². The number of carbonyl (C=O) groups is 1. The average Bonchev–Trinajstić information content (AvgIpc) is 2.89. The van der Waals surface area contributed by atoms with Gasteiger partial charge in [0, 0.05) is 37.4 Å². The number of fused-ring (bicyclic) bond motifs is 1. The lowest BCUT2D eigenvalue weighted by molar-refractivity contribution is -0.0697. The first kappa shape index (κ1) is 21.6. The maximum atomic E-state index is 12.3. The Balaban J connectivity index is 2.11. The van der Waals surface area contributed by atoms with E-state index < -0.39 is 17.9 Å². The number of alkyl halides is 3. The summed E-state index contributed by atoms with van der Waals surface area (Å²) in [6.07, 6.45) is -2.81. The van der Waals surface area contributed by atoms with Crippen molar-refractivity contribution in [1.82, 2.24) is 14.7 Å². The maximum Gasteiger partial charge on any atom is 0.457 e. The number of halogens is 3. The highest BCUT2D eigenvalue weighted by Gasteiger charge is 2.29. The average molecular weight is 400 g/mol. The van der Waals surface area contributed by atoms with Crippen molar-refractivity contribution in [3.8, 4) is 11.8 Å². The number of unbranched alkanes of at least 4 members (excludes halogenated alkanes) is 1. The molecule has 1 aliphatic heterocycles. The van der Waals surface area contributed by atoms with Crippen molar-refractivity contribution in [2.45, 2.75) is 64.9 Å². The van der Waals surface area contributed by atoms with Crippen LogP contribution in [-0.2, 0) is 24.2 Å². The van der Waals surface area contributed by atoms with Gasteiger partial charge in [-0.2, -0.15) is 18.3 Å². The number of carbonyl (C=O) groups excluding carboxylic acids is 1. The van der Waals surface area contributed by atoms with Crippen molar-refractivity contribution in [1.29, 1.82) is 0 Å².